The number of hydrogen-bond donors (Lipinski definition) is 4. The van der Waals surface area contributed by atoms with E-state index in [-0.39, 0.29) is 23.3 Å². The van der Waals surface area contributed by atoms with Gasteiger partial charge in [0.1, 0.15) is 11.7 Å². The van der Waals surface area contributed by atoms with Crippen LogP contribution in [0.4, 0.5) is 0 Å². The van der Waals surface area contributed by atoms with Crippen molar-refractivity contribution < 1.29 is 20.9 Å². The summed E-state index contributed by atoms with van der Waals surface area (Å²) in [6, 6.07) is 0. The Labute approximate surface area is 226 Å². The highest BCUT2D eigenvalue weighted by Gasteiger charge is 2.68. The van der Waals surface area contributed by atoms with Gasteiger partial charge >= 0.3 is 0 Å². The average Bonchev–Trinajstić information content (AvgIpc) is 3.32. The van der Waals surface area contributed by atoms with Gasteiger partial charge in [-0.3, -0.25) is 5.73 Å². The predicted molar refractivity (Wildman–Crippen MR) is 147 cm³/mol. The van der Waals surface area contributed by atoms with Crippen molar-refractivity contribution in [2.45, 2.75) is 152 Å². The summed E-state index contributed by atoms with van der Waals surface area (Å²) in [5, 5.41) is 12.6. The molecule has 3 saturated heterocycles. The number of quaternary nitrogens is 2. The Kier molecular flexibility index (Phi) is 7.53. The molecule has 5 nitrogen and oxygen atoms in total. The van der Waals surface area contributed by atoms with Crippen molar-refractivity contribution in [1.82, 2.24) is 0 Å². The van der Waals surface area contributed by atoms with Crippen LogP contribution in [0.15, 0.2) is 0 Å². The maximum absolute atomic E-state index is 10.2. The topological polar surface area (TPSA) is 99.7 Å². The molecule has 0 aromatic heterocycles. The molecule has 4 aliphatic carbocycles. The van der Waals surface area contributed by atoms with E-state index in [1.165, 1.54) is 116 Å². The molecule has 7 aliphatic rings. The minimum atomic E-state index is -0.0574. The van der Waals surface area contributed by atoms with E-state index in [0.717, 1.165) is 24.7 Å². The molecule has 0 radical (unpaired) electrons. The Hall–Kier alpha value is -0.200. The zero-order chi connectivity index (χ0) is 25.7. The van der Waals surface area contributed by atoms with Crippen molar-refractivity contribution in [2.75, 3.05) is 13.2 Å². The summed E-state index contributed by atoms with van der Waals surface area (Å²) in [5.41, 5.74) is 11.7. The molecule has 7 fully saturated rings. The summed E-state index contributed by atoms with van der Waals surface area (Å²) in [6.07, 6.45) is 25.5. The molecular formula is C32H59N3O2+2. The number of ether oxygens (including phenoxy) is 1. The third kappa shape index (κ3) is 4.96. The van der Waals surface area contributed by atoms with Crippen molar-refractivity contribution >= 4 is 0 Å². The van der Waals surface area contributed by atoms with Gasteiger partial charge in [-0.15, -0.1) is 0 Å². The van der Waals surface area contributed by atoms with Crippen LogP contribution in [0.5, 0.6) is 0 Å². The van der Waals surface area contributed by atoms with Crippen molar-refractivity contribution in [3.63, 3.8) is 0 Å². The van der Waals surface area contributed by atoms with Crippen molar-refractivity contribution in [2.24, 2.45) is 40.7 Å². The van der Waals surface area contributed by atoms with E-state index < -0.39 is 0 Å². The van der Waals surface area contributed by atoms with Crippen molar-refractivity contribution in [1.29, 1.82) is 0 Å². The number of piperidine rings is 1. The lowest BCUT2D eigenvalue weighted by Gasteiger charge is -2.67. The molecule has 8 N–H and O–H groups in total. The lowest BCUT2D eigenvalue weighted by atomic mass is 9.49. The monoisotopic (exact) mass is 517 g/mol. The summed E-state index contributed by atoms with van der Waals surface area (Å²) in [7, 11) is 0. The van der Waals surface area contributed by atoms with Gasteiger partial charge in [-0.2, -0.15) is 0 Å². The van der Waals surface area contributed by atoms with Crippen LogP contribution in [0, 0.1) is 35.0 Å². The predicted octanol–water partition coefficient (Wildman–Crippen LogP) is 3.88. The molecule has 0 aromatic carbocycles. The summed E-state index contributed by atoms with van der Waals surface area (Å²) >= 11 is 0. The average molecular weight is 518 g/mol. The number of aliphatic hydroxyl groups is 1. The Morgan fingerprint density at radius 2 is 1.70 bits per heavy atom. The van der Waals surface area contributed by atoms with Gasteiger partial charge in [0, 0.05) is 37.7 Å². The minimum Gasteiger partial charge on any atom is -0.396 e. The third-order valence-corrected chi connectivity index (χ3v) is 13.2. The van der Waals surface area contributed by atoms with E-state index in [4.69, 9.17) is 16.2 Å². The number of fused-ring (bicyclic) bond motifs is 3. The van der Waals surface area contributed by atoms with Crippen molar-refractivity contribution in [3.8, 4) is 0 Å². The van der Waals surface area contributed by atoms with Crippen LogP contribution in [-0.4, -0.2) is 41.2 Å². The standard InChI is InChI=1S/C32H57N3O2/c1-29(25-7-3-2-4-8-25)27-11-14-32(37-29,22-31(27,34)15-16-36)26-18-24(17-23-9-10-28(33)35-21-23)19-30(20-26)12-5-6-13-30/h23-28,35-36H,2-22,33-34H2,1H3/p+2. The molecule has 2 bridgehead atoms. The highest BCUT2D eigenvalue weighted by Crippen LogP contribution is 2.65. The fourth-order valence-electron chi connectivity index (χ4n) is 11.6. The molecule has 5 heteroatoms. The van der Waals surface area contributed by atoms with E-state index in [1.54, 1.807) is 0 Å². The van der Waals surface area contributed by atoms with Crippen LogP contribution >= 0.6 is 0 Å². The van der Waals surface area contributed by atoms with E-state index in [1.807, 2.05) is 0 Å². The van der Waals surface area contributed by atoms with E-state index in [0.29, 0.717) is 29.3 Å². The first-order valence-electron chi connectivity index (χ1n) is 16.5. The van der Waals surface area contributed by atoms with Gasteiger partial charge in [0.05, 0.1) is 17.7 Å². The molecule has 8 atom stereocenters. The molecular weight excluding hydrogens is 458 g/mol. The zero-order valence-corrected chi connectivity index (χ0v) is 24.0. The maximum Gasteiger partial charge on any atom is 0.137 e. The van der Waals surface area contributed by atoms with Crippen LogP contribution < -0.4 is 16.8 Å². The van der Waals surface area contributed by atoms with Gasteiger partial charge in [-0.25, -0.2) is 0 Å². The second-order valence-corrected chi connectivity index (χ2v) is 15.5. The van der Waals surface area contributed by atoms with Crippen LogP contribution in [0.2, 0.25) is 0 Å². The molecule has 0 aromatic rings. The lowest BCUT2D eigenvalue weighted by molar-refractivity contribution is -0.703. The fraction of sp³-hybridized carbons (Fsp3) is 1.00. The molecule has 3 heterocycles. The summed E-state index contributed by atoms with van der Waals surface area (Å²) in [4.78, 5) is 0. The molecule has 3 aliphatic heterocycles. The largest absolute Gasteiger partial charge is 0.396 e. The second-order valence-electron chi connectivity index (χ2n) is 15.5. The quantitative estimate of drug-likeness (QED) is 0.430. The van der Waals surface area contributed by atoms with Crippen LogP contribution in [0.1, 0.15) is 129 Å². The SMILES string of the molecule is CC1(C2CCCCC2)OC2(C3CC(CC4CCC(N)[NH2+]C4)CC4(CCCC4)C3)CCC1C([NH3+])(CCO)C2. The Bertz CT molecular complexity index is 787. The molecule has 0 amide bonds. The molecule has 212 valence electrons. The van der Waals surface area contributed by atoms with Crippen LogP contribution in [-0.2, 0) is 4.74 Å². The fourth-order valence-corrected chi connectivity index (χ4v) is 11.6. The second kappa shape index (κ2) is 10.3. The Balaban J connectivity index is 1.29. The lowest BCUT2D eigenvalue weighted by Crippen LogP contribution is -2.95. The Morgan fingerprint density at radius 3 is 2.41 bits per heavy atom. The normalized spacial score (nSPS) is 48.5. The summed E-state index contributed by atoms with van der Waals surface area (Å²) in [5.74, 6) is 3.53. The van der Waals surface area contributed by atoms with Gasteiger partial charge in [0.2, 0.25) is 0 Å². The van der Waals surface area contributed by atoms with Gasteiger partial charge in [-0.1, -0.05) is 32.1 Å². The third-order valence-electron chi connectivity index (χ3n) is 13.2. The van der Waals surface area contributed by atoms with E-state index in [9.17, 15) is 5.11 Å². The first-order valence-corrected chi connectivity index (χ1v) is 16.5. The van der Waals surface area contributed by atoms with Crippen LogP contribution in [0.3, 0.4) is 0 Å². The highest BCUT2D eigenvalue weighted by atomic mass is 16.5. The maximum atomic E-state index is 10.2. The molecule has 37 heavy (non-hydrogen) atoms. The summed E-state index contributed by atoms with van der Waals surface area (Å²) in [6.45, 7) is 4.01. The summed E-state index contributed by atoms with van der Waals surface area (Å²) < 4.78 is 7.69. The molecule has 8 unspecified atom stereocenters. The van der Waals surface area contributed by atoms with Gasteiger partial charge in [-0.05, 0) is 101 Å². The number of nitrogens with two attached hydrogens (primary N) is 2. The first-order chi connectivity index (χ1) is 17.8. The first kappa shape index (κ1) is 27.0. The Morgan fingerprint density at radius 1 is 0.919 bits per heavy atom. The number of rotatable bonds is 6. The molecule has 4 saturated carbocycles. The van der Waals surface area contributed by atoms with Gasteiger partial charge in [0.15, 0.2) is 0 Å². The van der Waals surface area contributed by atoms with Crippen molar-refractivity contribution in [3.05, 3.63) is 0 Å². The van der Waals surface area contributed by atoms with E-state index >= 15 is 0 Å². The van der Waals surface area contributed by atoms with E-state index in [2.05, 4.69) is 12.2 Å². The number of hydrogen-bond acceptors (Lipinski definition) is 3. The minimum absolute atomic E-state index is 0.0207. The number of aliphatic hydroxyl groups excluding tert-OH is 1. The molecule has 7 rings (SSSR count). The van der Waals surface area contributed by atoms with Gasteiger partial charge in [0.25, 0.3) is 0 Å². The smallest absolute Gasteiger partial charge is 0.137 e. The van der Waals surface area contributed by atoms with Crippen LogP contribution in [0.25, 0.3) is 0 Å². The molecule has 1 spiro atoms. The zero-order valence-electron chi connectivity index (χ0n) is 24.0. The van der Waals surface area contributed by atoms with Gasteiger partial charge < -0.3 is 20.9 Å². The highest BCUT2D eigenvalue weighted by molar-refractivity contribution is 5.16.